The van der Waals surface area contributed by atoms with E-state index in [4.69, 9.17) is 23.4 Å². The summed E-state index contributed by atoms with van der Waals surface area (Å²) in [5.74, 6) is 4.31. The summed E-state index contributed by atoms with van der Waals surface area (Å²) in [5, 5.41) is 8.99. The van der Waals surface area contributed by atoms with E-state index in [9.17, 15) is 0 Å². The molecular weight excluding hydrogens is 531 g/mol. The van der Waals surface area contributed by atoms with Gasteiger partial charge in [-0.25, -0.2) is 0 Å². The predicted octanol–water partition coefficient (Wildman–Crippen LogP) is 2.46. The van der Waals surface area contributed by atoms with Crippen molar-refractivity contribution in [1.82, 2.24) is 9.97 Å². The monoisotopic (exact) mass is 549 g/mol. The molecule has 0 atom stereocenters. The summed E-state index contributed by atoms with van der Waals surface area (Å²) in [4.78, 5) is 8.63. The number of benzene rings is 1. The quantitative estimate of drug-likeness (QED) is 0.453. The first-order valence-electron chi connectivity index (χ1n) is 8.24. The van der Waals surface area contributed by atoms with Gasteiger partial charge in [-0.3, -0.25) is 0 Å². The van der Waals surface area contributed by atoms with Gasteiger partial charge in [-0.15, -0.1) is 0 Å². The van der Waals surface area contributed by atoms with E-state index in [1.165, 1.54) is 0 Å². The molecule has 0 fully saturated rings. The molecule has 144 valence electrons. The van der Waals surface area contributed by atoms with Gasteiger partial charge in [0.25, 0.3) is 0 Å². The predicted molar refractivity (Wildman–Crippen MR) is 94.3 cm³/mol. The standard InChI is InChI=1S/C16H15N2O4.C3H3O.Pt/c1-3-19-13-9-17-15(21-13)11-6-5-7-12(8-11)16-18-10-14(22-16)20-4-2;1-2-3-4;/h5-7,9-10H,3-4H2,1-2H3;4H,3H2;. The molecule has 2 aromatic heterocycles. The summed E-state index contributed by atoms with van der Waals surface area (Å²) in [5.41, 5.74) is 1.60. The molecule has 1 N–H and O–H groups in total. The average molecular weight is 549 g/mol. The van der Waals surface area contributed by atoms with Crippen LogP contribution in [0.2, 0.25) is 0 Å². The number of oxazole rings is 2. The van der Waals surface area contributed by atoms with Crippen LogP contribution in [0, 0.1) is 10.2 Å². The Balaban J connectivity index is 2.06. The first-order chi connectivity index (χ1) is 13.3. The van der Waals surface area contributed by atoms with Gasteiger partial charge in [0, 0.05) is 0 Å². The van der Waals surface area contributed by atoms with Crippen LogP contribution in [0.4, 0.5) is 0 Å². The second-order valence-corrected chi connectivity index (χ2v) is 7.24. The van der Waals surface area contributed by atoms with Gasteiger partial charge < -0.3 is 0 Å². The summed E-state index contributed by atoms with van der Waals surface area (Å²) < 4.78 is 26.1. The third-order valence-corrected chi connectivity index (χ3v) is 5.70. The van der Waals surface area contributed by atoms with Crippen molar-refractivity contribution in [3.63, 3.8) is 0 Å². The second-order valence-electron chi connectivity index (χ2n) is 4.96. The molecule has 2 heterocycles. The number of aromatic nitrogens is 2. The number of rotatable bonds is 7. The van der Waals surface area contributed by atoms with Crippen molar-refractivity contribution in [3.05, 3.63) is 30.6 Å². The number of ether oxygens (including phenoxy) is 2. The molecule has 0 aliphatic carbocycles. The average Bonchev–Trinajstić information content (AvgIpc) is 3.32. The maximum atomic E-state index is 8.99. The molecule has 7 nitrogen and oxygen atoms in total. The Morgan fingerprint density at radius 3 is 2.04 bits per heavy atom. The van der Waals surface area contributed by atoms with Gasteiger partial charge in [0.1, 0.15) is 0 Å². The summed E-state index contributed by atoms with van der Waals surface area (Å²) in [6.45, 7) is 4.56. The molecule has 0 bridgehead atoms. The Bertz CT molecular complexity index is 892. The van der Waals surface area contributed by atoms with Crippen LogP contribution in [0.25, 0.3) is 22.9 Å². The van der Waals surface area contributed by atoms with Crippen LogP contribution in [0.1, 0.15) is 13.8 Å². The third kappa shape index (κ3) is 4.60. The molecule has 3 rings (SSSR count). The Hall–Kier alpha value is -2.55. The fourth-order valence-electron chi connectivity index (χ4n) is 2.20. The van der Waals surface area contributed by atoms with Crippen molar-refractivity contribution in [3.8, 4) is 45.0 Å². The van der Waals surface area contributed by atoms with Gasteiger partial charge in [0.15, 0.2) is 0 Å². The molecule has 0 aliphatic heterocycles. The molecular formula is C19H18N2O5Pt. The van der Waals surface area contributed by atoms with E-state index in [0.717, 1.165) is 15.1 Å². The van der Waals surface area contributed by atoms with E-state index in [1.807, 2.05) is 32.0 Å². The molecule has 8 heteroatoms. The zero-order valence-corrected chi connectivity index (χ0v) is 17.1. The molecule has 0 aliphatic rings. The van der Waals surface area contributed by atoms with E-state index < -0.39 is 18.6 Å². The number of aliphatic hydroxyl groups is 1. The molecule has 0 unspecified atom stereocenters. The zero-order chi connectivity index (χ0) is 19.1. The maximum absolute atomic E-state index is 8.99. The molecule has 0 amide bonds. The molecule has 0 spiro atoms. The van der Waals surface area contributed by atoms with Gasteiger partial charge in [-0.05, 0) is 0 Å². The summed E-state index contributed by atoms with van der Waals surface area (Å²) in [6, 6.07) is 5.70. The van der Waals surface area contributed by atoms with E-state index >= 15 is 0 Å². The van der Waals surface area contributed by atoms with Crippen molar-refractivity contribution in [2.45, 2.75) is 13.8 Å². The van der Waals surface area contributed by atoms with E-state index in [-0.39, 0.29) is 6.61 Å². The number of hydrogen-bond acceptors (Lipinski definition) is 7. The van der Waals surface area contributed by atoms with E-state index in [2.05, 4.69) is 20.2 Å². The molecule has 27 heavy (non-hydrogen) atoms. The van der Waals surface area contributed by atoms with E-state index in [1.54, 1.807) is 12.4 Å². The van der Waals surface area contributed by atoms with Crippen LogP contribution < -0.4 is 13.4 Å². The SMILES string of the molecule is CCOc1cnc(-c2cccc(-c3ncc(OCC)o3)[c]2[Pt][C]#CCO)o1. The molecule has 0 saturated carbocycles. The topological polar surface area (TPSA) is 90.8 Å². The number of hydrogen-bond donors (Lipinski definition) is 1. The minimum absolute atomic E-state index is 0.182. The van der Waals surface area contributed by atoms with Crippen molar-refractivity contribution >= 4 is 3.95 Å². The molecule has 0 radical (unpaired) electrons. The molecule has 1 aromatic carbocycles. The summed E-state index contributed by atoms with van der Waals surface area (Å²) >= 11 is -0.787. The first kappa shape index (κ1) is 19.2. The van der Waals surface area contributed by atoms with Crippen LogP contribution in [-0.2, 0) is 18.6 Å². The minimum atomic E-state index is -0.787. The Morgan fingerprint density at radius 2 is 1.56 bits per heavy atom. The van der Waals surface area contributed by atoms with Crippen molar-refractivity contribution in [2.75, 3.05) is 19.8 Å². The second kappa shape index (κ2) is 9.40. The zero-order valence-electron chi connectivity index (χ0n) is 14.8. The van der Waals surface area contributed by atoms with E-state index in [0.29, 0.717) is 36.9 Å². The Labute approximate surface area is 165 Å². The number of aliphatic hydroxyl groups excluding tert-OH is 1. The van der Waals surface area contributed by atoms with Crippen LogP contribution in [0.15, 0.2) is 39.4 Å². The van der Waals surface area contributed by atoms with Gasteiger partial charge >= 0.3 is 165 Å². The Morgan fingerprint density at radius 1 is 1.00 bits per heavy atom. The fourth-order valence-corrected chi connectivity index (χ4v) is 4.34. The fraction of sp³-hybridized carbons (Fsp3) is 0.263. The first-order valence-corrected chi connectivity index (χ1v) is 10.5. The van der Waals surface area contributed by atoms with Crippen LogP contribution in [0.5, 0.6) is 11.9 Å². The third-order valence-electron chi connectivity index (χ3n) is 3.22. The van der Waals surface area contributed by atoms with Crippen LogP contribution in [0.3, 0.4) is 0 Å². The summed E-state index contributed by atoms with van der Waals surface area (Å²) in [6.07, 6.45) is 3.09. The Kier molecular flexibility index (Phi) is 6.69. The molecule has 0 saturated heterocycles. The molecule has 3 aromatic rings. The van der Waals surface area contributed by atoms with Crippen LogP contribution >= 0.6 is 0 Å². The van der Waals surface area contributed by atoms with Crippen molar-refractivity contribution in [2.24, 2.45) is 0 Å². The van der Waals surface area contributed by atoms with Crippen LogP contribution in [-0.4, -0.2) is 34.9 Å². The van der Waals surface area contributed by atoms with Gasteiger partial charge in [0.2, 0.25) is 0 Å². The van der Waals surface area contributed by atoms with Crippen molar-refractivity contribution < 1.29 is 42.0 Å². The van der Waals surface area contributed by atoms with Crippen molar-refractivity contribution in [1.29, 1.82) is 0 Å². The van der Waals surface area contributed by atoms with Gasteiger partial charge in [-0.2, -0.15) is 0 Å². The summed E-state index contributed by atoms with van der Waals surface area (Å²) in [7, 11) is 0. The normalized spacial score (nSPS) is 10.5. The van der Waals surface area contributed by atoms with Gasteiger partial charge in [0.05, 0.1) is 0 Å². The number of nitrogens with zero attached hydrogens (tertiary/aromatic N) is 2. The van der Waals surface area contributed by atoms with Gasteiger partial charge in [-0.1, -0.05) is 0 Å².